The fourth-order valence-electron chi connectivity index (χ4n) is 4.64. The Morgan fingerprint density at radius 2 is 1.85 bits per heavy atom. The predicted octanol–water partition coefficient (Wildman–Crippen LogP) is 1.84. The number of nitrogens with zero attached hydrogens (tertiary/aromatic N) is 1. The predicted molar refractivity (Wildman–Crippen MR) is 99.7 cm³/mol. The topological polar surface area (TPSA) is 96.3 Å². The molecule has 27 heavy (non-hydrogen) atoms. The van der Waals surface area contributed by atoms with E-state index < -0.39 is 34.2 Å². The normalized spacial score (nSPS) is 32.7. The molecule has 0 aromatic carbocycles. The van der Waals surface area contributed by atoms with Gasteiger partial charge in [-0.2, -0.15) is 0 Å². The molecule has 2 saturated heterocycles. The van der Waals surface area contributed by atoms with Crippen LogP contribution < -0.4 is 0 Å². The lowest BCUT2D eigenvalue weighted by molar-refractivity contribution is -0.173. The second-order valence-corrected chi connectivity index (χ2v) is 9.43. The number of hydrogen-bond donors (Lipinski definition) is 2. The van der Waals surface area contributed by atoms with E-state index in [9.17, 15) is 14.7 Å². The number of aliphatic hydroxyl groups excluding tert-OH is 1. The maximum atomic E-state index is 13.4. The number of esters is 1. The second-order valence-electron chi connectivity index (χ2n) is 9.43. The molecule has 0 aromatic heterocycles. The lowest BCUT2D eigenvalue weighted by atomic mass is 9.65. The number of ether oxygens (including phenoxy) is 2. The van der Waals surface area contributed by atoms with Crippen molar-refractivity contribution in [2.24, 2.45) is 10.8 Å². The molecule has 2 aliphatic heterocycles. The summed E-state index contributed by atoms with van der Waals surface area (Å²) in [6.45, 7) is 9.28. The highest BCUT2D eigenvalue weighted by atomic mass is 16.6. The molecule has 0 unspecified atom stereocenters. The summed E-state index contributed by atoms with van der Waals surface area (Å²) in [5.41, 5.74) is -4.72. The third kappa shape index (κ3) is 3.08. The highest BCUT2D eigenvalue weighted by molar-refractivity contribution is 5.98. The van der Waals surface area contributed by atoms with Crippen LogP contribution in [0, 0.1) is 10.8 Å². The van der Waals surface area contributed by atoms with Crippen molar-refractivity contribution in [2.45, 2.75) is 84.1 Å². The molecule has 1 amide bonds. The van der Waals surface area contributed by atoms with E-state index in [1.807, 2.05) is 20.8 Å². The molecule has 156 valence electrons. The summed E-state index contributed by atoms with van der Waals surface area (Å²) < 4.78 is 11.0. The van der Waals surface area contributed by atoms with Gasteiger partial charge in [0.1, 0.15) is 11.8 Å². The number of aliphatic hydroxyl groups is 2. The average Bonchev–Trinajstić information content (AvgIpc) is 3.05. The molecule has 0 radical (unpaired) electrons. The number of methoxy groups -OCH3 is 1. The molecule has 0 aromatic rings. The van der Waals surface area contributed by atoms with Crippen LogP contribution in [0.3, 0.4) is 0 Å². The molecule has 2 heterocycles. The van der Waals surface area contributed by atoms with Crippen LogP contribution in [-0.4, -0.2) is 64.7 Å². The van der Waals surface area contributed by atoms with Gasteiger partial charge < -0.3 is 19.7 Å². The van der Waals surface area contributed by atoms with Gasteiger partial charge in [-0.3, -0.25) is 9.69 Å². The summed E-state index contributed by atoms with van der Waals surface area (Å²) in [6.07, 6.45) is 2.63. The number of unbranched alkanes of at least 4 members (excludes halogenated alkanes) is 3. The Morgan fingerprint density at radius 1 is 1.26 bits per heavy atom. The summed E-state index contributed by atoms with van der Waals surface area (Å²) in [4.78, 5) is 27.8. The standard InChI is InChI=1S/C20H35NO6/c1-17(2,3)15-21-14(23)18(4,5)20(25,11-9-7-8-10-12-22)19(21,13-27-15)16(24)26-6/h15,22,25H,7-13H2,1-6H3/t15-,19+,20+/m1/s1. The van der Waals surface area contributed by atoms with Crippen LogP contribution in [0.4, 0.5) is 0 Å². The molecule has 7 nitrogen and oxygen atoms in total. The SMILES string of the molecule is COC(=O)[C@]12CO[C@H](C(C)(C)C)N1C(=O)C(C)(C)[C@@]2(O)CCCCCCO. The Hall–Kier alpha value is -1.18. The van der Waals surface area contributed by atoms with Gasteiger partial charge >= 0.3 is 5.97 Å². The molecule has 0 aliphatic carbocycles. The van der Waals surface area contributed by atoms with Crippen molar-refractivity contribution < 1.29 is 29.3 Å². The van der Waals surface area contributed by atoms with E-state index in [2.05, 4.69) is 0 Å². The molecule has 0 spiro atoms. The maximum absolute atomic E-state index is 13.4. The van der Waals surface area contributed by atoms with Crippen molar-refractivity contribution in [1.82, 2.24) is 4.90 Å². The smallest absolute Gasteiger partial charge is 0.337 e. The third-order valence-corrected chi connectivity index (χ3v) is 6.28. The minimum Gasteiger partial charge on any atom is -0.467 e. The molecule has 3 atom stereocenters. The zero-order valence-electron chi connectivity index (χ0n) is 17.5. The van der Waals surface area contributed by atoms with Gasteiger partial charge in [-0.15, -0.1) is 0 Å². The first-order chi connectivity index (χ1) is 12.4. The minimum absolute atomic E-state index is 0.0794. The molecule has 2 aliphatic rings. The molecule has 2 N–H and O–H groups in total. The molecular weight excluding hydrogens is 350 g/mol. The van der Waals surface area contributed by atoms with Gasteiger partial charge in [0, 0.05) is 12.0 Å². The number of carbonyl (C=O) groups is 2. The summed E-state index contributed by atoms with van der Waals surface area (Å²) in [6, 6.07) is 0. The van der Waals surface area contributed by atoms with E-state index in [1.54, 1.807) is 13.8 Å². The van der Waals surface area contributed by atoms with Gasteiger partial charge in [-0.05, 0) is 26.7 Å². The Labute approximate surface area is 162 Å². The minimum atomic E-state index is -1.61. The van der Waals surface area contributed by atoms with Crippen molar-refractivity contribution in [2.75, 3.05) is 20.3 Å². The summed E-state index contributed by atoms with van der Waals surface area (Å²) in [7, 11) is 1.27. The Balaban J connectivity index is 2.47. The van der Waals surface area contributed by atoms with E-state index >= 15 is 0 Å². The van der Waals surface area contributed by atoms with Crippen molar-refractivity contribution in [1.29, 1.82) is 0 Å². The molecule has 2 rings (SSSR count). The Morgan fingerprint density at radius 3 is 2.37 bits per heavy atom. The van der Waals surface area contributed by atoms with E-state index in [0.717, 1.165) is 12.8 Å². The van der Waals surface area contributed by atoms with Crippen molar-refractivity contribution >= 4 is 11.9 Å². The van der Waals surface area contributed by atoms with Gasteiger partial charge in [0.25, 0.3) is 0 Å². The fourth-order valence-corrected chi connectivity index (χ4v) is 4.64. The van der Waals surface area contributed by atoms with Crippen LogP contribution in [-0.2, 0) is 19.1 Å². The second kappa shape index (κ2) is 7.33. The van der Waals surface area contributed by atoms with E-state index in [-0.39, 0.29) is 25.5 Å². The zero-order chi connectivity index (χ0) is 20.7. The summed E-state index contributed by atoms with van der Waals surface area (Å²) in [5, 5.41) is 20.8. The van der Waals surface area contributed by atoms with Crippen LogP contribution in [0.1, 0.15) is 66.7 Å². The first-order valence-electron chi connectivity index (χ1n) is 9.79. The number of hydrogen-bond acceptors (Lipinski definition) is 6. The summed E-state index contributed by atoms with van der Waals surface area (Å²) in [5.74, 6) is -0.922. The fraction of sp³-hybridized carbons (Fsp3) is 0.900. The number of fused-ring (bicyclic) bond motifs is 1. The number of rotatable bonds is 7. The molecule has 0 saturated carbocycles. The van der Waals surface area contributed by atoms with E-state index in [0.29, 0.717) is 12.8 Å². The summed E-state index contributed by atoms with van der Waals surface area (Å²) >= 11 is 0. The zero-order valence-corrected chi connectivity index (χ0v) is 17.5. The molecule has 2 fully saturated rings. The van der Waals surface area contributed by atoms with E-state index in [4.69, 9.17) is 14.6 Å². The first-order valence-corrected chi connectivity index (χ1v) is 9.79. The van der Waals surface area contributed by atoms with E-state index in [1.165, 1.54) is 12.0 Å². The third-order valence-electron chi connectivity index (χ3n) is 6.28. The van der Waals surface area contributed by atoms with Gasteiger partial charge in [-0.25, -0.2) is 4.79 Å². The monoisotopic (exact) mass is 385 g/mol. The Kier molecular flexibility index (Phi) is 6.01. The highest BCUT2D eigenvalue weighted by Gasteiger charge is 2.79. The molecule has 7 heteroatoms. The maximum Gasteiger partial charge on any atom is 0.337 e. The van der Waals surface area contributed by atoms with Gasteiger partial charge in [0.05, 0.1) is 19.1 Å². The van der Waals surface area contributed by atoms with Crippen LogP contribution in [0.15, 0.2) is 0 Å². The van der Waals surface area contributed by atoms with Crippen LogP contribution in [0.25, 0.3) is 0 Å². The van der Waals surface area contributed by atoms with Gasteiger partial charge in [-0.1, -0.05) is 40.0 Å². The lowest BCUT2D eigenvalue weighted by Gasteiger charge is -2.44. The van der Waals surface area contributed by atoms with Crippen molar-refractivity contribution in [3.8, 4) is 0 Å². The average molecular weight is 386 g/mol. The number of carbonyl (C=O) groups excluding carboxylic acids is 2. The molecular formula is C20H35NO6. The first kappa shape index (κ1) is 22.1. The van der Waals surface area contributed by atoms with Crippen LogP contribution >= 0.6 is 0 Å². The van der Waals surface area contributed by atoms with Crippen LogP contribution in [0.2, 0.25) is 0 Å². The van der Waals surface area contributed by atoms with Crippen molar-refractivity contribution in [3.05, 3.63) is 0 Å². The number of amides is 1. The lowest BCUT2D eigenvalue weighted by Crippen LogP contribution is -2.66. The largest absolute Gasteiger partial charge is 0.467 e. The van der Waals surface area contributed by atoms with Gasteiger partial charge in [0.2, 0.25) is 5.91 Å². The van der Waals surface area contributed by atoms with Crippen molar-refractivity contribution in [3.63, 3.8) is 0 Å². The quantitative estimate of drug-likeness (QED) is 0.513. The highest BCUT2D eigenvalue weighted by Crippen LogP contribution is 2.58. The van der Waals surface area contributed by atoms with Gasteiger partial charge in [0.15, 0.2) is 5.54 Å². The molecule has 0 bridgehead atoms. The van der Waals surface area contributed by atoms with Crippen LogP contribution in [0.5, 0.6) is 0 Å². The Bertz CT molecular complexity index is 584.